The van der Waals surface area contributed by atoms with Crippen LogP contribution in [0.2, 0.25) is 0 Å². The molecule has 1 N–H and O–H groups in total. The minimum Gasteiger partial charge on any atom is -0.373 e. The highest BCUT2D eigenvalue weighted by molar-refractivity contribution is 5.45. The van der Waals surface area contributed by atoms with Crippen molar-refractivity contribution in [3.8, 4) is 0 Å². The Balaban J connectivity index is 3.24. The Morgan fingerprint density at radius 3 is 2.28 bits per heavy atom. The average molecular weight is 251 g/mol. The minimum atomic E-state index is -0.103. The third-order valence-corrected chi connectivity index (χ3v) is 3.01. The second-order valence-electron chi connectivity index (χ2n) is 5.65. The van der Waals surface area contributed by atoms with Gasteiger partial charge in [0.15, 0.2) is 5.82 Å². The van der Waals surface area contributed by atoms with Crippen LogP contribution in [0.25, 0.3) is 0 Å². The van der Waals surface area contributed by atoms with E-state index in [1.165, 1.54) is 0 Å². The summed E-state index contributed by atoms with van der Waals surface area (Å²) in [4.78, 5) is 9.19. The molecule has 0 aliphatic rings. The van der Waals surface area contributed by atoms with Crippen molar-refractivity contribution in [2.45, 2.75) is 47.6 Å². The van der Waals surface area contributed by atoms with E-state index in [-0.39, 0.29) is 11.5 Å². The summed E-state index contributed by atoms with van der Waals surface area (Å²) in [5, 5.41) is 3.28. The number of nitrogens with one attached hydrogen (secondary N) is 1. The number of methoxy groups -OCH3 is 1. The van der Waals surface area contributed by atoms with Gasteiger partial charge in [0.2, 0.25) is 0 Å². The zero-order valence-corrected chi connectivity index (χ0v) is 12.6. The lowest BCUT2D eigenvalue weighted by Gasteiger charge is -2.28. The molecule has 0 aromatic carbocycles. The summed E-state index contributed by atoms with van der Waals surface area (Å²) < 4.78 is 5.58. The Morgan fingerprint density at radius 2 is 1.83 bits per heavy atom. The highest BCUT2D eigenvalue weighted by Gasteiger charge is 2.29. The van der Waals surface area contributed by atoms with Crippen LogP contribution in [0.5, 0.6) is 0 Å². The molecule has 0 aliphatic heterocycles. The third kappa shape index (κ3) is 3.19. The Kier molecular flexibility index (Phi) is 4.68. The number of nitrogens with zero attached hydrogens (tertiary/aromatic N) is 2. The topological polar surface area (TPSA) is 47.0 Å². The molecular formula is C14H25N3O. The molecule has 1 aromatic rings. The third-order valence-electron chi connectivity index (χ3n) is 3.01. The van der Waals surface area contributed by atoms with Crippen LogP contribution in [0.4, 0.5) is 5.82 Å². The highest BCUT2D eigenvalue weighted by Crippen LogP contribution is 2.34. The van der Waals surface area contributed by atoms with Crippen molar-refractivity contribution in [2.75, 3.05) is 19.0 Å². The summed E-state index contributed by atoms with van der Waals surface area (Å²) in [5.74, 6) is 1.66. The molecule has 0 spiro atoms. The number of aromatic nitrogens is 2. The van der Waals surface area contributed by atoms with Gasteiger partial charge >= 0.3 is 0 Å². The Labute approximate surface area is 110 Å². The van der Waals surface area contributed by atoms with Crippen LogP contribution in [-0.4, -0.2) is 23.6 Å². The zero-order valence-electron chi connectivity index (χ0n) is 12.6. The monoisotopic (exact) mass is 251 g/mol. The van der Waals surface area contributed by atoms with Gasteiger partial charge in [-0.15, -0.1) is 0 Å². The van der Waals surface area contributed by atoms with E-state index in [0.29, 0.717) is 0 Å². The predicted octanol–water partition coefficient (Wildman–Crippen LogP) is 3.26. The summed E-state index contributed by atoms with van der Waals surface area (Å²) in [7, 11) is 1.71. The first-order chi connectivity index (χ1) is 8.31. The zero-order chi connectivity index (χ0) is 13.9. The normalized spacial score (nSPS) is 13.5. The van der Waals surface area contributed by atoms with Crippen molar-refractivity contribution >= 4 is 5.82 Å². The molecule has 4 heteroatoms. The maximum Gasteiger partial charge on any atom is 0.160 e. The van der Waals surface area contributed by atoms with Gasteiger partial charge < -0.3 is 10.1 Å². The van der Waals surface area contributed by atoms with Crippen LogP contribution in [0.3, 0.4) is 0 Å². The minimum absolute atomic E-state index is 0.0278. The molecule has 18 heavy (non-hydrogen) atoms. The van der Waals surface area contributed by atoms with E-state index in [2.05, 4.69) is 43.0 Å². The van der Waals surface area contributed by atoms with Crippen LogP contribution in [0.1, 0.15) is 50.9 Å². The number of anilines is 1. The maximum absolute atomic E-state index is 5.58. The van der Waals surface area contributed by atoms with E-state index < -0.39 is 0 Å². The van der Waals surface area contributed by atoms with E-state index in [0.717, 1.165) is 29.4 Å². The molecular weight excluding hydrogens is 226 g/mol. The lowest BCUT2D eigenvalue weighted by atomic mass is 9.88. The fourth-order valence-electron chi connectivity index (χ4n) is 1.95. The standard InChI is InChI=1S/C14H25N3O/c1-8-15-12-9(2)10(3)16-13(17-12)11(18-7)14(4,5)6/h11H,8H2,1-7H3,(H,15,16,17). The molecule has 1 aromatic heterocycles. The average Bonchev–Trinajstić information content (AvgIpc) is 2.24. The van der Waals surface area contributed by atoms with E-state index in [9.17, 15) is 0 Å². The van der Waals surface area contributed by atoms with Gasteiger partial charge in [-0.05, 0) is 26.2 Å². The number of hydrogen-bond acceptors (Lipinski definition) is 4. The maximum atomic E-state index is 5.58. The van der Waals surface area contributed by atoms with Crippen molar-refractivity contribution in [1.29, 1.82) is 0 Å². The molecule has 0 saturated heterocycles. The van der Waals surface area contributed by atoms with Gasteiger partial charge in [-0.3, -0.25) is 0 Å². The Bertz CT molecular complexity index is 410. The van der Waals surface area contributed by atoms with E-state index in [1.54, 1.807) is 7.11 Å². The van der Waals surface area contributed by atoms with Crippen molar-refractivity contribution in [1.82, 2.24) is 9.97 Å². The molecule has 1 heterocycles. The molecule has 1 rings (SSSR count). The fraction of sp³-hybridized carbons (Fsp3) is 0.714. The van der Waals surface area contributed by atoms with Crippen LogP contribution in [-0.2, 0) is 4.74 Å². The first kappa shape index (κ1) is 14.9. The first-order valence-corrected chi connectivity index (χ1v) is 6.43. The number of hydrogen-bond donors (Lipinski definition) is 1. The molecule has 0 bridgehead atoms. The van der Waals surface area contributed by atoms with Crippen LogP contribution in [0.15, 0.2) is 0 Å². The summed E-state index contributed by atoms with van der Waals surface area (Å²) >= 11 is 0. The smallest absolute Gasteiger partial charge is 0.160 e. The van der Waals surface area contributed by atoms with Gasteiger partial charge in [0.25, 0.3) is 0 Å². The first-order valence-electron chi connectivity index (χ1n) is 6.43. The summed E-state index contributed by atoms with van der Waals surface area (Å²) in [6.07, 6.45) is -0.103. The molecule has 4 nitrogen and oxygen atoms in total. The van der Waals surface area contributed by atoms with Crippen LogP contribution >= 0.6 is 0 Å². The van der Waals surface area contributed by atoms with Gasteiger partial charge in [0, 0.05) is 24.9 Å². The lowest BCUT2D eigenvalue weighted by Crippen LogP contribution is -2.23. The van der Waals surface area contributed by atoms with Crippen LogP contribution < -0.4 is 5.32 Å². The Hall–Kier alpha value is -1.16. The van der Waals surface area contributed by atoms with Crippen molar-refractivity contribution in [3.63, 3.8) is 0 Å². The van der Waals surface area contributed by atoms with E-state index in [1.807, 2.05) is 13.8 Å². The van der Waals surface area contributed by atoms with Crippen LogP contribution in [0, 0.1) is 19.3 Å². The SMILES string of the molecule is CCNc1nc(C(OC)C(C)(C)C)nc(C)c1C. The fourth-order valence-corrected chi connectivity index (χ4v) is 1.95. The van der Waals surface area contributed by atoms with E-state index in [4.69, 9.17) is 4.74 Å². The molecule has 102 valence electrons. The molecule has 0 amide bonds. The quantitative estimate of drug-likeness (QED) is 0.892. The van der Waals surface area contributed by atoms with Gasteiger partial charge in [0.1, 0.15) is 11.9 Å². The summed E-state index contributed by atoms with van der Waals surface area (Å²) in [5.41, 5.74) is 2.08. The number of ether oxygens (including phenoxy) is 1. The molecule has 1 unspecified atom stereocenters. The van der Waals surface area contributed by atoms with Gasteiger partial charge in [-0.1, -0.05) is 20.8 Å². The summed E-state index contributed by atoms with van der Waals surface area (Å²) in [6.45, 7) is 13.4. The predicted molar refractivity (Wildman–Crippen MR) is 74.9 cm³/mol. The molecule has 0 saturated carbocycles. The lowest BCUT2D eigenvalue weighted by molar-refractivity contribution is 0.00863. The van der Waals surface area contributed by atoms with E-state index >= 15 is 0 Å². The second-order valence-corrected chi connectivity index (χ2v) is 5.65. The Morgan fingerprint density at radius 1 is 1.22 bits per heavy atom. The molecule has 0 fully saturated rings. The van der Waals surface area contributed by atoms with Gasteiger partial charge in [-0.2, -0.15) is 0 Å². The number of aryl methyl sites for hydroxylation is 1. The van der Waals surface area contributed by atoms with Crippen molar-refractivity contribution in [3.05, 3.63) is 17.1 Å². The molecule has 0 radical (unpaired) electrons. The largest absolute Gasteiger partial charge is 0.373 e. The van der Waals surface area contributed by atoms with Gasteiger partial charge in [0.05, 0.1) is 0 Å². The summed E-state index contributed by atoms with van der Waals surface area (Å²) in [6, 6.07) is 0. The van der Waals surface area contributed by atoms with Crippen molar-refractivity contribution < 1.29 is 4.74 Å². The van der Waals surface area contributed by atoms with Crippen molar-refractivity contribution in [2.24, 2.45) is 5.41 Å². The van der Waals surface area contributed by atoms with Gasteiger partial charge in [-0.25, -0.2) is 9.97 Å². The molecule has 1 atom stereocenters. The molecule has 0 aliphatic carbocycles. The number of rotatable bonds is 4. The second kappa shape index (κ2) is 5.65. The highest BCUT2D eigenvalue weighted by atomic mass is 16.5.